The van der Waals surface area contributed by atoms with Gasteiger partial charge in [0, 0.05) is 22.7 Å². The Morgan fingerprint density at radius 2 is 2.07 bits per heavy atom. The van der Waals surface area contributed by atoms with Crippen molar-refractivity contribution in [3.8, 4) is 5.75 Å². The van der Waals surface area contributed by atoms with Gasteiger partial charge >= 0.3 is 6.18 Å². The minimum absolute atomic E-state index is 0.00930. The Bertz CT molecular complexity index is 906. The number of fused-ring (bicyclic) bond motifs is 1. The van der Waals surface area contributed by atoms with E-state index in [2.05, 4.69) is 10.3 Å². The highest BCUT2D eigenvalue weighted by molar-refractivity contribution is 6.31. The first kappa shape index (κ1) is 19.3. The Morgan fingerprint density at radius 1 is 1.33 bits per heavy atom. The first-order valence-corrected chi connectivity index (χ1v) is 8.58. The lowest BCUT2D eigenvalue weighted by Crippen LogP contribution is -2.20. The molecule has 1 aromatic carbocycles. The van der Waals surface area contributed by atoms with Crippen LogP contribution >= 0.6 is 11.6 Å². The fraction of sp³-hybridized carbons (Fsp3) is 0.333. The van der Waals surface area contributed by atoms with Crippen LogP contribution in [0.25, 0.3) is 0 Å². The molecule has 9 heteroatoms. The monoisotopic (exact) mass is 400 g/mol. The molecule has 0 atom stereocenters. The fourth-order valence-corrected chi connectivity index (χ4v) is 3.24. The summed E-state index contributed by atoms with van der Waals surface area (Å²) in [6.45, 7) is 0.161. The second-order valence-corrected chi connectivity index (χ2v) is 6.69. The number of aromatic nitrogens is 1. The largest absolute Gasteiger partial charge is 0.482 e. The van der Waals surface area contributed by atoms with Crippen LogP contribution in [0.15, 0.2) is 18.2 Å². The summed E-state index contributed by atoms with van der Waals surface area (Å²) < 4.78 is 42.0. The molecule has 3 rings (SSSR count). The molecule has 1 heterocycles. The Morgan fingerprint density at radius 3 is 2.74 bits per heavy atom. The smallest absolute Gasteiger partial charge is 0.422 e. The van der Waals surface area contributed by atoms with Gasteiger partial charge in [-0.15, -0.1) is 0 Å². The van der Waals surface area contributed by atoms with Crippen molar-refractivity contribution in [1.82, 2.24) is 4.98 Å². The number of hydrogen-bond donors (Lipinski definition) is 2. The SMILES string of the molecule is Cc1c(C(=O)Nc2cc(Cl)ccc2OCC(F)(F)F)[nH]c2c1C(=O)CCC2. The van der Waals surface area contributed by atoms with Crippen molar-refractivity contribution >= 4 is 29.0 Å². The lowest BCUT2D eigenvalue weighted by atomic mass is 9.94. The molecule has 5 nitrogen and oxygen atoms in total. The Labute approximate surface area is 157 Å². The zero-order chi connectivity index (χ0) is 19.8. The third kappa shape index (κ3) is 4.27. The van der Waals surface area contributed by atoms with Crippen LogP contribution in [-0.2, 0) is 6.42 Å². The number of carbonyl (C=O) groups is 2. The van der Waals surface area contributed by atoms with Gasteiger partial charge < -0.3 is 15.0 Å². The summed E-state index contributed by atoms with van der Waals surface area (Å²) >= 11 is 5.89. The van der Waals surface area contributed by atoms with Crippen molar-refractivity contribution < 1.29 is 27.5 Å². The van der Waals surface area contributed by atoms with E-state index in [1.165, 1.54) is 18.2 Å². The van der Waals surface area contributed by atoms with E-state index in [1.807, 2.05) is 0 Å². The van der Waals surface area contributed by atoms with Crippen molar-refractivity contribution in [2.45, 2.75) is 32.4 Å². The van der Waals surface area contributed by atoms with Crippen LogP contribution in [0, 0.1) is 6.92 Å². The molecule has 1 aliphatic rings. The van der Waals surface area contributed by atoms with Crippen molar-refractivity contribution in [1.29, 1.82) is 0 Å². The molecule has 1 aliphatic carbocycles. The van der Waals surface area contributed by atoms with Crippen molar-refractivity contribution in [3.63, 3.8) is 0 Å². The zero-order valence-corrected chi connectivity index (χ0v) is 15.1. The van der Waals surface area contributed by atoms with E-state index in [0.717, 1.165) is 0 Å². The number of carbonyl (C=O) groups excluding carboxylic acids is 2. The number of halogens is 4. The van der Waals surface area contributed by atoms with Crippen molar-refractivity contribution in [2.24, 2.45) is 0 Å². The van der Waals surface area contributed by atoms with Gasteiger partial charge in [-0.25, -0.2) is 0 Å². The van der Waals surface area contributed by atoms with E-state index < -0.39 is 18.7 Å². The van der Waals surface area contributed by atoms with Crippen LogP contribution in [0.2, 0.25) is 5.02 Å². The molecular weight excluding hydrogens is 385 g/mol. The van der Waals surface area contributed by atoms with E-state index in [9.17, 15) is 22.8 Å². The lowest BCUT2D eigenvalue weighted by Gasteiger charge is -2.14. The first-order chi connectivity index (χ1) is 12.7. The summed E-state index contributed by atoms with van der Waals surface area (Å²) in [5, 5.41) is 2.73. The number of aromatic amines is 1. The summed E-state index contributed by atoms with van der Waals surface area (Å²) in [7, 11) is 0. The quantitative estimate of drug-likeness (QED) is 0.782. The van der Waals surface area contributed by atoms with Crippen molar-refractivity contribution in [2.75, 3.05) is 11.9 Å². The fourth-order valence-electron chi connectivity index (χ4n) is 3.07. The molecule has 0 fully saturated rings. The molecular formula is C18H16ClF3N2O3. The predicted octanol–water partition coefficient (Wildman–Crippen LogP) is 4.69. The maximum absolute atomic E-state index is 12.6. The highest BCUT2D eigenvalue weighted by Crippen LogP contribution is 2.31. The number of H-pyrrole nitrogens is 1. The molecule has 0 saturated carbocycles. The summed E-state index contributed by atoms with van der Waals surface area (Å²) in [5.74, 6) is -0.773. The molecule has 1 amide bonds. The molecule has 0 spiro atoms. The van der Waals surface area contributed by atoms with Crippen LogP contribution < -0.4 is 10.1 Å². The van der Waals surface area contributed by atoms with E-state index in [1.54, 1.807) is 6.92 Å². The van der Waals surface area contributed by atoms with Gasteiger partial charge in [-0.05, 0) is 43.5 Å². The number of Topliss-reactive ketones (excluding diaryl/α,β-unsaturated/α-hetero) is 1. The molecule has 2 N–H and O–H groups in total. The topological polar surface area (TPSA) is 71.2 Å². The van der Waals surface area contributed by atoms with E-state index in [-0.39, 0.29) is 27.9 Å². The number of ketones is 1. The van der Waals surface area contributed by atoms with Gasteiger partial charge in [0.2, 0.25) is 0 Å². The van der Waals surface area contributed by atoms with E-state index >= 15 is 0 Å². The Hall–Kier alpha value is -2.48. The molecule has 0 saturated heterocycles. The predicted molar refractivity (Wildman–Crippen MR) is 93.8 cm³/mol. The second kappa shape index (κ2) is 7.26. The summed E-state index contributed by atoms with van der Waals surface area (Å²) in [6.07, 6.45) is -2.73. The standard InChI is InChI=1S/C18H16ClF3N2O3/c1-9-15-11(3-2-4-13(15)25)23-16(9)17(26)24-12-7-10(19)5-6-14(12)27-8-18(20,21)22/h5-7,23H,2-4,8H2,1H3,(H,24,26). The molecule has 144 valence electrons. The van der Waals surface area contributed by atoms with Crippen LogP contribution in [0.1, 0.15) is 44.9 Å². The summed E-state index contributed by atoms with van der Waals surface area (Å²) in [6, 6.07) is 3.91. The van der Waals surface area contributed by atoms with Crippen LogP contribution in [0.4, 0.5) is 18.9 Å². The number of nitrogens with one attached hydrogen (secondary N) is 2. The Kier molecular flexibility index (Phi) is 5.19. The highest BCUT2D eigenvalue weighted by atomic mass is 35.5. The maximum Gasteiger partial charge on any atom is 0.422 e. The third-order valence-electron chi connectivity index (χ3n) is 4.25. The summed E-state index contributed by atoms with van der Waals surface area (Å²) in [4.78, 5) is 27.7. The molecule has 0 unspecified atom stereocenters. The van der Waals surface area contributed by atoms with Gasteiger partial charge in [0.05, 0.1) is 5.69 Å². The zero-order valence-electron chi connectivity index (χ0n) is 14.3. The van der Waals surface area contributed by atoms with Gasteiger partial charge in [-0.2, -0.15) is 13.2 Å². The molecule has 1 aromatic heterocycles. The number of hydrogen-bond acceptors (Lipinski definition) is 3. The van der Waals surface area contributed by atoms with Crippen molar-refractivity contribution in [3.05, 3.63) is 45.7 Å². The third-order valence-corrected chi connectivity index (χ3v) is 4.48. The summed E-state index contributed by atoms with van der Waals surface area (Å²) in [5.41, 5.74) is 1.94. The molecule has 0 aliphatic heterocycles. The van der Waals surface area contributed by atoms with Gasteiger partial charge in [0.25, 0.3) is 5.91 Å². The number of aryl methyl sites for hydroxylation is 1. The minimum Gasteiger partial charge on any atom is -0.482 e. The van der Waals surface area contributed by atoms with Gasteiger partial charge in [0.15, 0.2) is 12.4 Å². The lowest BCUT2D eigenvalue weighted by molar-refractivity contribution is -0.153. The normalized spacial score (nSPS) is 14.0. The average Bonchev–Trinajstić information content (AvgIpc) is 2.91. The van der Waals surface area contributed by atoms with Gasteiger partial charge in [-0.1, -0.05) is 11.6 Å². The number of rotatable bonds is 4. The van der Waals surface area contributed by atoms with Crippen LogP contribution in [0.3, 0.4) is 0 Å². The molecule has 0 radical (unpaired) electrons. The van der Waals surface area contributed by atoms with Gasteiger partial charge in [0.1, 0.15) is 11.4 Å². The molecule has 0 bridgehead atoms. The number of ether oxygens (including phenoxy) is 1. The van der Waals surface area contributed by atoms with Gasteiger partial charge in [-0.3, -0.25) is 9.59 Å². The molecule has 2 aromatic rings. The highest BCUT2D eigenvalue weighted by Gasteiger charge is 2.30. The number of benzene rings is 1. The number of anilines is 1. The maximum atomic E-state index is 12.6. The van der Waals surface area contributed by atoms with Crippen LogP contribution in [-0.4, -0.2) is 29.5 Å². The van der Waals surface area contributed by atoms with E-state index in [4.69, 9.17) is 16.3 Å². The first-order valence-electron chi connectivity index (χ1n) is 8.21. The number of amides is 1. The molecule has 27 heavy (non-hydrogen) atoms. The minimum atomic E-state index is -4.52. The Balaban J connectivity index is 1.86. The number of alkyl halides is 3. The van der Waals surface area contributed by atoms with E-state index in [0.29, 0.717) is 36.1 Å². The average molecular weight is 401 g/mol. The second-order valence-electron chi connectivity index (χ2n) is 6.25. The van der Waals surface area contributed by atoms with Crippen LogP contribution in [0.5, 0.6) is 5.75 Å².